The van der Waals surface area contributed by atoms with Crippen LogP contribution in [0, 0.1) is 0 Å². The Morgan fingerprint density at radius 3 is 2.64 bits per heavy atom. The van der Waals surface area contributed by atoms with Gasteiger partial charge in [-0.15, -0.1) is 0 Å². The van der Waals surface area contributed by atoms with E-state index in [-0.39, 0.29) is 11.1 Å². The van der Waals surface area contributed by atoms with Gasteiger partial charge in [-0.3, -0.25) is 4.57 Å². The Morgan fingerprint density at radius 2 is 2.14 bits per heavy atom. The van der Waals surface area contributed by atoms with Gasteiger partial charge in [-0.25, -0.2) is 0 Å². The maximum atomic E-state index is 11.1. The minimum Gasteiger partial charge on any atom is -0.493 e. The van der Waals surface area contributed by atoms with Gasteiger partial charge in [-0.05, 0) is 35.0 Å². The van der Waals surface area contributed by atoms with Crippen LogP contribution in [0.15, 0.2) is 22.7 Å². The molecule has 0 spiro atoms. The zero-order chi connectivity index (χ0) is 10.8. The third-order valence-electron chi connectivity index (χ3n) is 1.54. The minimum absolute atomic E-state index is 0.0955. The molecule has 0 aliphatic rings. The Morgan fingerprint density at radius 1 is 1.50 bits per heavy atom. The summed E-state index contributed by atoms with van der Waals surface area (Å²) in [5.74, 6) is 0.218. The Labute approximate surface area is 90.2 Å². The average molecular weight is 281 g/mol. The summed E-state index contributed by atoms with van der Waals surface area (Å²) in [7, 11) is -4.29. The molecule has 4 nitrogen and oxygen atoms in total. The fraction of sp³-hybridized carbons (Fsp3) is 0.250. The molecule has 0 bridgehead atoms. The van der Waals surface area contributed by atoms with Crippen molar-refractivity contribution in [3.05, 3.63) is 22.7 Å². The van der Waals surface area contributed by atoms with E-state index in [1.807, 2.05) is 0 Å². The second kappa shape index (κ2) is 4.45. The highest BCUT2D eigenvalue weighted by Gasteiger charge is 2.25. The van der Waals surface area contributed by atoms with Crippen LogP contribution in [-0.4, -0.2) is 16.4 Å². The van der Waals surface area contributed by atoms with Crippen LogP contribution in [0.1, 0.15) is 6.92 Å². The first kappa shape index (κ1) is 11.7. The highest BCUT2D eigenvalue weighted by molar-refractivity contribution is 9.10. The van der Waals surface area contributed by atoms with Crippen LogP contribution in [0.3, 0.4) is 0 Å². The van der Waals surface area contributed by atoms with E-state index in [9.17, 15) is 4.57 Å². The largest absolute Gasteiger partial charge is 0.493 e. The van der Waals surface area contributed by atoms with Crippen molar-refractivity contribution in [2.75, 3.05) is 6.61 Å². The Balaban J connectivity index is 3.30. The van der Waals surface area contributed by atoms with Crippen molar-refractivity contribution in [3.8, 4) is 5.75 Å². The Kier molecular flexibility index (Phi) is 3.72. The first-order valence-electron chi connectivity index (χ1n) is 3.94. The van der Waals surface area contributed by atoms with Gasteiger partial charge in [0.25, 0.3) is 0 Å². The van der Waals surface area contributed by atoms with Crippen LogP contribution >= 0.6 is 23.5 Å². The van der Waals surface area contributed by atoms with Crippen molar-refractivity contribution in [2.24, 2.45) is 0 Å². The standard InChI is InChI=1S/C8H10BrO4P/c1-2-13-7-5-3-4-6(9)8(7)14(10,11)12/h3-5H,2H2,1H3,(H2,10,11,12). The monoisotopic (exact) mass is 280 g/mol. The molecular weight excluding hydrogens is 271 g/mol. The molecule has 78 valence electrons. The fourth-order valence-electron chi connectivity index (χ4n) is 1.05. The van der Waals surface area contributed by atoms with Crippen molar-refractivity contribution < 1.29 is 19.1 Å². The summed E-state index contributed by atoms with van der Waals surface area (Å²) < 4.78 is 16.6. The van der Waals surface area contributed by atoms with Crippen molar-refractivity contribution in [1.82, 2.24) is 0 Å². The van der Waals surface area contributed by atoms with Crippen LogP contribution in [0.5, 0.6) is 5.75 Å². The Hall–Kier alpha value is -0.350. The molecule has 1 rings (SSSR count). The van der Waals surface area contributed by atoms with Crippen LogP contribution in [0.4, 0.5) is 0 Å². The van der Waals surface area contributed by atoms with Gasteiger partial charge in [0.2, 0.25) is 0 Å². The zero-order valence-corrected chi connectivity index (χ0v) is 9.96. The molecule has 1 aromatic carbocycles. The third-order valence-corrected chi connectivity index (χ3v) is 3.55. The van der Waals surface area contributed by atoms with Crippen molar-refractivity contribution in [2.45, 2.75) is 6.92 Å². The van der Waals surface area contributed by atoms with E-state index in [1.54, 1.807) is 19.1 Å². The van der Waals surface area contributed by atoms with E-state index in [0.717, 1.165) is 0 Å². The molecule has 14 heavy (non-hydrogen) atoms. The molecular formula is C8H10BrO4P. The molecule has 0 aliphatic heterocycles. The van der Waals surface area contributed by atoms with E-state index in [4.69, 9.17) is 14.5 Å². The lowest BCUT2D eigenvalue weighted by Gasteiger charge is -2.12. The second-order valence-corrected chi connectivity index (χ2v) is 4.95. The van der Waals surface area contributed by atoms with E-state index in [1.165, 1.54) is 6.07 Å². The number of hydrogen-bond acceptors (Lipinski definition) is 2. The van der Waals surface area contributed by atoms with Gasteiger partial charge in [0.1, 0.15) is 11.1 Å². The van der Waals surface area contributed by atoms with E-state index in [2.05, 4.69) is 15.9 Å². The molecule has 0 radical (unpaired) electrons. The topological polar surface area (TPSA) is 66.8 Å². The van der Waals surface area contributed by atoms with Gasteiger partial charge >= 0.3 is 7.60 Å². The van der Waals surface area contributed by atoms with Gasteiger partial charge < -0.3 is 14.5 Å². The third kappa shape index (κ3) is 2.58. The molecule has 0 unspecified atom stereocenters. The van der Waals surface area contributed by atoms with E-state index in [0.29, 0.717) is 11.1 Å². The normalized spacial score (nSPS) is 11.4. The lowest BCUT2D eigenvalue weighted by molar-refractivity contribution is 0.338. The number of hydrogen-bond donors (Lipinski definition) is 2. The number of halogens is 1. The molecule has 0 aliphatic carbocycles. The van der Waals surface area contributed by atoms with Crippen molar-refractivity contribution >= 4 is 28.8 Å². The predicted octanol–water partition coefficient (Wildman–Crippen LogP) is 1.65. The average Bonchev–Trinajstić information content (AvgIpc) is 2.02. The van der Waals surface area contributed by atoms with Crippen molar-refractivity contribution in [1.29, 1.82) is 0 Å². The first-order chi connectivity index (χ1) is 6.46. The Bertz CT molecular complexity index is 374. The molecule has 6 heteroatoms. The number of ether oxygens (including phenoxy) is 1. The quantitative estimate of drug-likeness (QED) is 0.827. The van der Waals surface area contributed by atoms with Gasteiger partial charge in [0.15, 0.2) is 0 Å². The highest BCUT2D eigenvalue weighted by atomic mass is 79.9. The molecule has 1 aromatic rings. The van der Waals surface area contributed by atoms with E-state index >= 15 is 0 Å². The number of rotatable bonds is 3. The van der Waals surface area contributed by atoms with Crippen LogP contribution in [0.2, 0.25) is 0 Å². The summed E-state index contributed by atoms with van der Waals surface area (Å²) in [5.41, 5.74) is 0. The molecule has 0 saturated heterocycles. The van der Waals surface area contributed by atoms with Gasteiger partial charge in [0, 0.05) is 4.47 Å². The second-order valence-electron chi connectivity index (χ2n) is 2.56. The van der Waals surface area contributed by atoms with Crippen LogP contribution in [0.25, 0.3) is 0 Å². The summed E-state index contributed by atoms with van der Waals surface area (Å²) in [5, 5.41) is -0.0955. The predicted molar refractivity (Wildman–Crippen MR) is 57.0 cm³/mol. The smallest absolute Gasteiger partial charge is 0.361 e. The molecule has 0 fully saturated rings. The molecule has 2 N–H and O–H groups in total. The molecule has 0 saturated carbocycles. The van der Waals surface area contributed by atoms with Gasteiger partial charge in [-0.1, -0.05) is 6.07 Å². The zero-order valence-electron chi connectivity index (χ0n) is 7.48. The first-order valence-corrected chi connectivity index (χ1v) is 6.34. The lowest BCUT2D eigenvalue weighted by atomic mass is 10.3. The van der Waals surface area contributed by atoms with Crippen LogP contribution in [-0.2, 0) is 4.57 Å². The summed E-state index contributed by atoms with van der Waals surface area (Å²) in [4.78, 5) is 18.2. The maximum Gasteiger partial charge on any atom is 0.361 e. The summed E-state index contributed by atoms with van der Waals surface area (Å²) in [6.45, 7) is 2.12. The SMILES string of the molecule is CCOc1cccc(Br)c1P(=O)(O)O. The molecule has 0 atom stereocenters. The lowest BCUT2D eigenvalue weighted by Crippen LogP contribution is -2.11. The van der Waals surface area contributed by atoms with Crippen molar-refractivity contribution in [3.63, 3.8) is 0 Å². The van der Waals surface area contributed by atoms with Gasteiger partial charge in [-0.2, -0.15) is 0 Å². The fourth-order valence-corrected chi connectivity index (χ4v) is 2.87. The summed E-state index contributed by atoms with van der Waals surface area (Å²) in [6.07, 6.45) is 0. The maximum absolute atomic E-state index is 11.1. The molecule has 0 heterocycles. The molecule has 0 aromatic heterocycles. The summed E-state index contributed by atoms with van der Waals surface area (Å²) in [6, 6.07) is 4.76. The van der Waals surface area contributed by atoms with Gasteiger partial charge in [0.05, 0.1) is 6.61 Å². The highest BCUT2D eigenvalue weighted by Crippen LogP contribution is 2.40. The van der Waals surface area contributed by atoms with Crippen LogP contribution < -0.4 is 10.0 Å². The minimum atomic E-state index is -4.29. The number of benzene rings is 1. The van der Waals surface area contributed by atoms with E-state index < -0.39 is 7.60 Å². The molecule has 0 amide bonds. The summed E-state index contributed by atoms with van der Waals surface area (Å²) >= 11 is 3.08.